The third-order valence-corrected chi connectivity index (χ3v) is 2.10. The van der Waals surface area contributed by atoms with Crippen molar-refractivity contribution < 1.29 is 5.11 Å². The largest absolute Gasteiger partial charge is 0.392 e. The lowest BCUT2D eigenvalue weighted by molar-refractivity contribution is 0.281. The minimum absolute atomic E-state index is 0.0247. The van der Waals surface area contributed by atoms with Gasteiger partial charge in [-0.3, -0.25) is 4.98 Å². The summed E-state index contributed by atoms with van der Waals surface area (Å²) in [6, 6.07) is 3.74. The van der Waals surface area contributed by atoms with Crippen molar-refractivity contribution in [2.75, 3.05) is 0 Å². The fourth-order valence-electron chi connectivity index (χ4n) is 1.28. The molecule has 0 radical (unpaired) electrons. The van der Waals surface area contributed by atoms with Gasteiger partial charge in [-0.25, -0.2) is 4.68 Å². The maximum Gasteiger partial charge on any atom is 0.0715 e. The fourth-order valence-corrected chi connectivity index (χ4v) is 1.28. The van der Waals surface area contributed by atoms with Crippen molar-refractivity contribution in [1.82, 2.24) is 14.8 Å². The molecule has 0 saturated carbocycles. The minimum atomic E-state index is 0.0247. The summed E-state index contributed by atoms with van der Waals surface area (Å²) in [7, 11) is 0. The molecule has 4 nitrogen and oxygen atoms in total. The van der Waals surface area contributed by atoms with E-state index in [0.717, 1.165) is 16.9 Å². The molecule has 0 amide bonds. The summed E-state index contributed by atoms with van der Waals surface area (Å²) in [5.41, 5.74) is 2.65. The van der Waals surface area contributed by atoms with Gasteiger partial charge in [-0.15, -0.1) is 0 Å². The lowest BCUT2D eigenvalue weighted by atomic mass is 10.3. The number of aliphatic hydroxyl groups excluding tert-OH is 1. The first-order valence-electron chi connectivity index (χ1n) is 4.37. The van der Waals surface area contributed by atoms with Gasteiger partial charge in [0.2, 0.25) is 0 Å². The number of nitrogens with zero attached hydrogens (tertiary/aromatic N) is 3. The Morgan fingerprint density at radius 1 is 1.36 bits per heavy atom. The van der Waals surface area contributed by atoms with Crippen LogP contribution in [0.15, 0.2) is 30.7 Å². The molecule has 1 N–H and O–H groups in total. The zero-order valence-electron chi connectivity index (χ0n) is 7.88. The lowest BCUT2D eigenvalue weighted by Gasteiger charge is -1.98. The predicted octanol–water partition coefficient (Wildman–Crippen LogP) is 1.07. The van der Waals surface area contributed by atoms with E-state index < -0.39 is 0 Å². The lowest BCUT2D eigenvalue weighted by Crippen LogP contribution is -1.94. The van der Waals surface area contributed by atoms with Crippen molar-refractivity contribution in [2.45, 2.75) is 13.5 Å². The molecule has 0 bridgehead atoms. The zero-order valence-corrected chi connectivity index (χ0v) is 7.88. The number of aromatic nitrogens is 3. The zero-order chi connectivity index (χ0) is 9.97. The van der Waals surface area contributed by atoms with Crippen LogP contribution in [0.3, 0.4) is 0 Å². The topological polar surface area (TPSA) is 50.9 Å². The summed E-state index contributed by atoms with van der Waals surface area (Å²) in [6.45, 7) is 1.90. The van der Waals surface area contributed by atoms with E-state index in [0.29, 0.717) is 0 Å². The first kappa shape index (κ1) is 8.90. The van der Waals surface area contributed by atoms with Crippen LogP contribution in [0.2, 0.25) is 0 Å². The van der Waals surface area contributed by atoms with Crippen molar-refractivity contribution in [2.24, 2.45) is 0 Å². The van der Waals surface area contributed by atoms with Crippen LogP contribution in [-0.4, -0.2) is 19.9 Å². The Balaban J connectivity index is 2.43. The van der Waals surface area contributed by atoms with E-state index in [9.17, 15) is 0 Å². The van der Waals surface area contributed by atoms with Crippen LogP contribution in [0.1, 0.15) is 11.3 Å². The van der Waals surface area contributed by atoms with E-state index in [4.69, 9.17) is 5.11 Å². The number of pyridine rings is 1. The van der Waals surface area contributed by atoms with E-state index in [2.05, 4.69) is 10.1 Å². The first-order valence-corrected chi connectivity index (χ1v) is 4.37. The van der Waals surface area contributed by atoms with Crippen molar-refractivity contribution >= 4 is 0 Å². The molecule has 14 heavy (non-hydrogen) atoms. The number of hydrogen-bond donors (Lipinski definition) is 1. The van der Waals surface area contributed by atoms with Gasteiger partial charge in [0.05, 0.1) is 18.0 Å². The van der Waals surface area contributed by atoms with Crippen LogP contribution >= 0.6 is 0 Å². The Morgan fingerprint density at radius 2 is 2.07 bits per heavy atom. The van der Waals surface area contributed by atoms with Gasteiger partial charge in [0.25, 0.3) is 0 Å². The smallest absolute Gasteiger partial charge is 0.0715 e. The van der Waals surface area contributed by atoms with Crippen molar-refractivity contribution in [3.63, 3.8) is 0 Å². The molecule has 2 aromatic rings. The van der Waals surface area contributed by atoms with Crippen LogP contribution in [0.25, 0.3) is 5.69 Å². The van der Waals surface area contributed by atoms with E-state index in [-0.39, 0.29) is 6.61 Å². The Morgan fingerprint density at radius 3 is 2.64 bits per heavy atom. The monoisotopic (exact) mass is 189 g/mol. The maximum atomic E-state index is 9.01. The van der Waals surface area contributed by atoms with Crippen LogP contribution in [0.4, 0.5) is 0 Å². The molecule has 0 saturated heterocycles. The van der Waals surface area contributed by atoms with Crippen LogP contribution in [0.5, 0.6) is 0 Å². The van der Waals surface area contributed by atoms with Gasteiger partial charge < -0.3 is 5.11 Å². The van der Waals surface area contributed by atoms with Gasteiger partial charge in [-0.2, -0.15) is 5.10 Å². The highest BCUT2D eigenvalue weighted by Crippen LogP contribution is 2.10. The number of aliphatic hydroxyl groups is 1. The molecule has 0 spiro atoms. The number of aryl methyl sites for hydroxylation is 1. The van der Waals surface area contributed by atoms with E-state index in [1.54, 1.807) is 17.1 Å². The molecule has 72 valence electrons. The molecular formula is C10H11N3O. The highest BCUT2D eigenvalue weighted by Gasteiger charge is 2.04. The Hall–Kier alpha value is -1.68. The first-order chi connectivity index (χ1) is 6.81. The quantitative estimate of drug-likeness (QED) is 0.768. The minimum Gasteiger partial charge on any atom is -0.392 e. The molecular weight excluding hydrogens is 178 g/mol. The van der Waals surface area contributed by atoms with Crippen LogP contribution in [-0.2, 0) is 6.61 Å². The molecule has 0 aromatic carbocycles. The van der Waals surface area contributed by atoms with E-state index in [1.807, 2.05) is 25.3 Å². The van der Waals surface area contributed by atoms with Gasteiger partial charge in [0, 0.05) is 24.2 Å². The summed E-state index contributed by atoms with van der Waals surface area (Å²) in [5, 5.41) is 13.3. The molecule has 0 aliphatic rings. The van der Waals surface area contributed by atoms with Crippen LogP contribution < -0.4 is 0 Å². The second-order valence-corrected chi connectivity index (χ2v) is 3.05. The fraction of sp³-hybridized carbons (Fsp3) is 0.200. The highest BCUT2D eigenvalue weighted by molar-refractivity contribution is 5.30. The molecule has 0 aliphatic heterocycles. The molecule has 4 heteroatoms. The van der Waals surface area contributed by atoms with Gasteiger partial charge in [-0.05, 0) is 19.1 Å². The van der Waals surface area contributed by atoms with E-state index >= 15 is 0 Å². The summed E-state index contributed by atoms with van der Waals surface area (Å²) in [6.07, 6.45) is 5.25. The predicted molar refractivity (Wildman–Crippen MR) is 52.0 cm³/mol. The molecule has 0 fully saturated rings. The second-order valence-electron chi connectivity index (χ2n) is 3.05. The molecule has 2 rings (SSSR count). The molecule has 2 aromatic heterocycles. The standard InChI is InChI=1S/C10H11N3O/c1-8-9(7-14)6-13(12-8)10-2-4-11-5-3-10/h2-6,14H,7H2,1H3. The molecule has 0 aliphatic carbocycles. The summed E-state index contributed by atoms with van der Waals surface area (Å²) in [5.74, 6) is 0. The third kappa shape index (κ3) is 1.52. The SMILES string of the molecule is Cc1nn(-c2ccncc2)cc1CO. The third-order valence-electron chi connectivity index (χ3n) is 2.10. The average Bonchev–Trinajstić information content (AvgIpc) is 2.61. The van der Waals surface area contributed by atoms with Gasteiger partial charge in [0.15, 0.2) is 0 Å². The van der Waals surface area contributed by atoms with Crippen molar-refractivity contribution in [1.29, 1.82) is 0 Å². The summed E-state index contributed by atoms with van der Waals surface area (Å²) in [4.78, 5) is 3.93. The molecule has 0 atom stereocenters. The maximum absolute atomic E-state index is 9.01. The Bertz CT molecular complexity index is 422. The normalized spacial score (nSPS) is 10.4. The van der Waals surface area contributed by atoms with Gasteiger partial charge >= 0.3 is 0 Å². The highest BCUT2D eigenvalue weighted by atomic mass is 16.3. The summed E-state index contributed by atoms with van der Waals surface area (Å²) < 4.78 is 1.74. The van der Waals surface area contributed by atoms with Crippen molar-refractivity contribution in [3.8, 4) is 5.69 Å². The average molecular weight is 189 g/mol. The van der Waals surface area contributed by atoms with E-state index in [1.165, 1.54) is 0 Å². The molecule has 2 heterocycles. The van der Waals surface area contributed by atoms with Crippen LogP contribution in [0, 0.1) is 6.92 Å². The Labute approximate surface area is 81.8 Å². The van der Waals surface area contributed by atoms with Crippen molar-refractivity contribution in [3.05, 3.63) is 42.0 Å². The van der Waals surface area contributed by atoms with Gasteiger partial charge in [-0.1, -0.05) is 0 Å². The number of hydrogen-bond acceptors (Lipinski definition) is 3. The second kappa shape index (κ2) is 3.59. The molecule has 0 unspecified atom stereocenters. The summed E-state index contributed by atoms with van der Waals surface area (Å²) >= 11 is 0. The Kier molecular flexibility index (Phi) is 2.28. The van der Waals surface area contributed by atoms with Gasteiger partial charge in [0.1, 0.15) is 0 Å². The number of rotatable bonds is 2.